The topological polar surface area (TPSA) is 86.7 Å². The zero-order valence-corrected chi connectivity index (χ0v) is 14.4. The van der Waals surface area contributed by atoms with Gasteiger partial charge in [-0.05, 0) is 36.8 Å². The molecule has 0 aliphatic carbocycles. The van der Waals surface area contributed by atoms with E-state index in [1.807, 2.05) is 31.2 Å². The Kier molecular flexibility index (Phi) is 5.02. The number of aryl methyl sites for hydroxylation is 1. The van der Waals surface area contributed by atoms with E-state index >= 15 is 0 Å². The van der Waals surface area contributed by atoms with E-state index < -0.39 is 11.9 Å². The number of nitrogens with one attached hydrogen (secondary N) is 1. The van der Waals surface area contributed by atoms with E-state index in [-0.39, 0.29) is 30.3 Å². The third kappa shape index (κ3) is 3.91. The zero-order valence-electron chi connectivity index (χ0n) is 14.4. The molecular formula is C20H20N2O4. The number of carbonyl (C=O) groups excluding carboxylic acids is 2. The van der Waals surface area contributed by atoms with Gasteiger partial charge in [-0.15, -0.1) is 0 Å². The number of hydrogen-bond donors (Lipinski definition) is 2. The third-order valence-electron chi connectivity index (χ3n) is 4.48. The highest BCUT2D eigenvalue weighted by atomic mass is 16.4. The minimum absolute atomic E-state index is 0.0677. The van der Waals surface area contributed by atoms with Gasteiger partial charge in [-0.25, -0.2) is 4.79 Å². The smallest absolute Gasteiger partial charge is 0.335 e. The van der Waals surface area contributed by atoms with Crippen LogP contribution in [0, 0.1) is 12.8 Å². The first-order valence-electron chi connectivity index (χ1n) is 8.41. The molecule has 1 heterocycles. The fourth-order valence-corrected chi connectivity index (χ4v) is 3.01. The molecule has 0 spiro atoms. The van der Waals surface area contributed by atoms with Crippen LogP contribution in [0.1, 0.15) is 27.9 Å². The van der Waals surface area contributed by atoms with Crippen molar-refractivity contribution in [3.05, 3.63) is 65.2 Å². The summed E-state index contributed by atoms with van der Waals surface area (Å²) in [5.41, 5.74) is 2.79. The van der Waals surface area contributed by atoms with Crippen LogP contribution in [0.5, 0.6) is 0 Å². The Bertz CT molecular complexity index is 845. The Hall–Kier alpha value is -3.15. The summed E-state index contributed by atoms with van der Waals surface area (Å²) in [6.45, 7) is 2.56. The number of amides is 2. The Morgan fingerprint density at radius 3 is 2.62 bits per heavy atom. The molecule has 2 N–H and O–H groups in total. The van der Waals surface area contributed by atoms with Gasteiger partial charge in [0.05, 0.1) is 11.5 Å². The molecule has 1 fully saturated rings. The van der Waals surface area contributed by atoms with Gasteiger partial charge in [0.25, 0.3) is 0 Å². The van der Waals surface area contributed by atoms with Crippen molar-refractivity contribution >= 4 is 23.5 Å². The monoisotopic (exact) mass is 352 g/mol. The molecule has 1 atom stereocenters. The van der Waals surface area contributed by atoms with Gasteiger partial charge in [-0.3, -0.25) is 9.59 Å². The highest BCUT2D eigenvalue weighted by Crippen LogP contribution is 2.25. The third-order valence-corrected chi connectivity index (χ3v) is 4.48. The summed E-state index contributed by atoms with van der Waals surface area (Å²) in [7, 11) is 0. The van der Waals surface area contributed by atoms with Crippen LogP contribution in [0.3, 0.4) is 0 Å². The average molecular weight is 352 g/mol. The van der Waals surface area contributed by atoms with E-state index in [2.05, 4.69) is 5.32 Å². The molecule has 1 saturated heterocycles. The first-order chi connectivity index (χ1) is 12.4. The molecule has 0 saturated carbocycles. The molecule has 1 aliphatic rings. The average Bonchev–Trinajstić information content (AvgIpc) is 3.02. The number of benzene rings is 2. The lowest BCUT2D eigenvalue weighted by Gasteiger charge is -2.17. The van der Waals surface area contributed by atoms with Crippen LogP contribution in [0.15, 0.2) is 48.5 Å². The van der Waals surface area contributed by atoms with Crippen molar-refractivity contribution in [2.24, 2.45) is 5.92 Å². The van der Waals surface area contributed by atoms with Gasteiger partial charge in [0, 0.05) is 25.2 Å². The summed E-state index contributed by atoms with van der Waals surface area (Å²) < 4.78 is 0. The normalized spacial score (nSPS) is 16.6. The zero-order chi connectivity index (χ0) is 18.7. The second kappa shape index (κ2) is 7.39. The first kappa shape index (κ1) is 17.7. The van der Waals surface area contributed by atoms with Crippen LogP contribution < -0.4 is 10.2 Å². The van der Waals surface area contributed by atoms with Gasteiger partial charge in [-0.2, -0.15) is 0 Å². The first-order valence-corrected chi connectivity index (χ1v) is 8.41. The lowest BCUT2D eigenvalue weighted by molar-refractivity contribution is -0.126. The molecule has 2 amide bonds. The predicted octanol–water partition coefficient (Wildman–Crippen LogP) is 2.36. The summed E-state index contributed by atoms with van der Waals surface area (Å²) in [4.78, 5) is 37.3. The summed E-state index contributed by atoms with van der Waals surface area (Å²) in [6, 6.07) is 14.1. The van der Waals surface area contributed by atoms with Crippen molar-refractivity contribution in [3.8, 4) is 0 Å². The second-order valence-corrected chi connectivity index (χ2v) is 6.46. The van der Waals surface area contributed by atoms with Gasteiger partial charge >= 0.3 is 5.97 Å². The van der Waals surface area contributed by atoms with E-state index in [4.69, 9.17) is 5.11 Å². The number of hydrogen-bond acceptors (Lipinski definition) is 3. The van der Waals surface area contributed by atoms with E-state index in [9.17, 15) is 14.4 Å². The Morgan fingerprint density at radius 2 is 1.92 bits per heavy atom. The molecule has 26 heavy (non-hydrogen) atoms. The number of anilines is 1. The molecule has 1 aliphatic heterocycles. The van der Waals surface area contributed by atoms with Gasteiger partial charge in [-0.1, -0.05) is 29.8 Å². The number of rotatable bonds is 5. The fourth-order valence-electron chi connectivity index (χ4n) is 3.01. The van der Waals surface area contributed by atoms with Gasteiger partial charge in [0.2, 0.25) is 11.8 Å². The van der Waals surface area contributed by atoms with Gasteiger partial charge < -0.3 is 15.3 Å². The molecule has 0 radical (unpaired) electrons. The van der Waals surface area contributed by atoms with Crippen molar-refractivity contribution in [1.29, 1.82) is 0 Å². The van der Waals surface area contributed by atoms with Gasteiger partial charge in [0.1, 0.15) is 0 Å². The van der Waals surface area contributed by atoms with Crippen LogP contribution in [0.4, 0.5) is 5.69 Å². The Balaban J connectivity index is 1.60. The van der Waals surface area contributed by atoms with Crippen LogP contribution >= 0.6 is 0 Å². The minimum Gasteiger partial charge on any atom is -0.478 e. The molecule has 6 heteroatoms. The standard InChI is InChI=1S/C20H20N2O4/c1-13-5-7-17(8-6-13)22-12-16(10-18(22)23)19(24)21-11-14-3-2-4-15(9-14)20(25)26/h2-9,16H,10-12H2,1H3,(H,21,24)(H,25,26). The highest BCUT2D eigenvalue weighted by molar-refractivity contribution is 6.00. The maximum absolute atomic E-state index is 12.4. The van der Waals surface area contributed by atoms with Crippen LogP contribution in [0.25, 0.3) is 0 Å². The molecule has 6 nitrogen and oxygen atoms in total. The van der Waals surface area contributed by atoms with E-state index in [1.165, 1.54) is 12.1 Å². The van der Waals surface area contributed by atoms with E-state index in [1.54, 1.807) is 17.0 Å². The lowest BCUT2D eigenvalue weighted by Crippen LogP contribution is -2.32. The molecule has 3 rings (SSSR count). The van der Waals surface area contributed by atoms with E-state index in [0.717, 1.165) is 11.3 Å². The van der Waals surface area contributed by atoms with Crippen molar-refractivity contribution in [2.45, 2.75) is 19.9 Å². The van der Waals surface area contributed by atoms with E-state index in [0.29, 0.717) is 12.1 Å². The summed E-state index contributed by atoms with van der Waals surface area (Å²) in [5, 5.41) is 11.8. The number of aromatic carboxylic acids is 1. The van der Waals surface area contributed by atoms with Crippen molar-refractivity contribution in [1.82, 2.24) is 5.32 Å². The SMILES string of the molecule is Cc1ccc(N2CC(C(=O)NCc3cccc(C(=O)O)c3)CC2=O)cc1. The molecule has 134 valence electrons. The predicted molar refractivity (Wildman–Crippen MR) is 96.9 cm³/mol. The lowest BCUT2D eigenvalue weighted by atomic mass is 10.1. The Morgan fingerprint density at radius 1 is 1.19 bits per heavy atom. The fraction of sp³-hybridized carbons (Fsp3) is 0.250. The molecule has 2 aromatic carbocycles. The van der Waals surface area contributed by atoms with Crippen LogP contribution in [-0.2, 0) is 16.1 Å². The van der Waals surface area contributed by atoms with Crippen LogP contribution in [0.2, 0.25) is 0 Å². The quantitative estimate of drug-likeness (QED) is 0.865. The van der Waals surface area contributed by atoms with Crippen LogP contribution in [-0.4, -0.2) is 29.4 Å². The second-order valence-electron chi connectivity index (χ2n) is 6.46. The summed E-state index contributed by atoms with van der Waals surface area (Å²) in [5.74, 6) is -1.68. The van der Waals surface area contributed by atoms with Gasteiger partial charge in [0.15, 0.2) is 0 Å². The molecule has 2 aromatic rings. The molecular weight excluding hydrogens is 332 g/mol. The summed E-state index contributed by atoms with van der Waals surface area (Å²) in [6.07, 6.45) is 0.175. The summed E-state index contributed by atoms with van der Waals surface area (Å²) >= 11 is 0. The number of carboxylic acids is 1. The number of carboxylic acid groups (broad SMARTS) is 1. The molecule has 0 bridgehead atoms. The maximum atomic E-state index is 12.4. The van der Waals surface area contributed by atoms with Crippen molar-refractivity contribution in [3.63, 3.8) is 0 Å². The highest BCUT2D eigenvalue weighted by Gasteiger charge is 2.34. The number of carbonyl (C=O) groups is 3. The van der Waals surface area contributed by atoms with Crippen molar-refractivity contribution in [2.75, 3.05) is 11.4 Å². The largest absolute Gasteiger partial charge is 0.478 e. The molecule has 1 unspecified atom stereocenters. The van der Waals surface area contributed by atoms with Crippen molar-refractivity contribution < 1.29 is 19.5 Å². The maximum Gasteiger partial charge on any atom is 0.335 e. The minimum atomic E-state index is -1.01. The number of nitrogens with zero attached hydrogens (tertiary/aromatic N) is 1. The molecule has 0 aromatic heterocycles. The Labute approximate surface area is 151 Å².